The zero-order chi connectivity index (χ0) is 13.2. The van der Waals surface area contributed by atoms with E-state index in [-0.39, 0.29) is 17.2 Å². The second kappa shape index (κ2) is 5.72. The van der Waals surface area contributed by atoms with E-state index in [1.807, 2.05) is 0 Å². The van der Waals surface area contributed by atoms with Gasteiger partial charge >= 0.3 is 0 Å². The molecule has 18 heavy (non-hydrogen) atoms. The number of amides is 1. The molecule has 1 atom stereocenters. The van der Waals surface area contributed by atoms with Crippen molar-refractivity contribution in [2.24, 2.45) is 5.92 Å². The third kappa shape index (κ3) is 3.33. The highest BCUT2D eigenvalue weighted by molar-refractivity contribution is 9.10. The topological polar surface area (TPSA) is 41.1 Å². The number of halogens is 1. The van der Waals surface area contributed by atoms with Crippen LogP contribution in [0.2, 0.25) is 0 Å². The summed E-state index contributed by atoms with van der Waals surface area (Å²) in [6, 6.07) is 2.13. The zero-order valence-corrected chi connectivity index (χ0v) is 13.2. The van der Waals surface area contributed by atoms with Crippen molar-refractivity contribution >= 4 is 33.2 Å². The summed E-state index contributed by atoms with van der Waals surface area (Å²) in [5, 5.41) is 8.39. The van der Waals surface area contributed by atoms with Gasteiger partial charge in [-0.3, -0.25) is 4.79 Å². The van der Waals surface area contributed by atoms with Crippen LogP contribution in [0.15, 0.2) is 15.9 Å². The molecule has 0 bridgehead atoms. The number of rotatable bonds is 4. The van der Waals surface area contributed by atoms with Gasteiger partial charge in [0.2, 0.25) is 5.91 Å². The Labute approximate surface area is 120 Å². The Balaban J connectivity index is 1.90. The summed E-state index contributed by atoms with van der Waals surface area (Å²) in [6.07, 6.45) is 0.955. The minimum atomic E-state index is -0.0155. The molecular formula is C13H19BrN2OS. The molecule has 3 nitrogen and oxygen atoms in total. The molecule has 1 fully saturated rings. The zero-order valence-electron chi connectivity index (χ0n) is 10.8. The van der Waals surface area contributed by atoms with Crippen LogP contribution in [0.25, 0.3) is 0 Å². The van der Waals surface area contributed by atoms with E-state index in [0.717, 1.165) is 24.0 Å². The Morgan fingerprint density at radius 1 is 1.67 bits per heavy atom. The van der Waals surface area contributed by atoms with E-state index < -0.39 is 0 Å². The quantitative estimate of drug-likeness (QED) is 0.890. The predicted octanol–water partition coefficient (Wildman–Crippen LogP) is 2.51. The monoisotopic (exact) mass is 330 g/mol. The van der Waals surface area contributed by atoms with E-state index in [4.69, 9.17) is 0 Å². The molecule has 0 radical (unpaired) electrons. The fourth-order valence-electron chi connectivity index (χ4n) is 2.09. The molecule has 1 unspecified atom stereocenters. The number of hydrogen-bond acceptors (Lipinski definition) is 3. The van der Waals surface area contributed by atoms with E-state index >= 15 is 0 Å². The molecule has 0 spiro atoms. The lowest BCUT2D eigenvalue weighted by molar-refractivity contribution is -0.124. The van der Waals surface area contributed by atoms with E-state index in [1.165, 1.54) is 4.88 Å². The van der Waals surface area contributed by atoms with Crippen molar-refractivity contribution in [2.45, 2.75) is 25.7 Å². The van der Waals surface area contributed by atoms with Gasteiger partial charge in [-0.1, -0.05) is 13.8 Å². The number of nitrogens with one attached hydrogen (secondary N) is 2. The molecule has 1 amide bonds. The summed E-state index contributed by atoms with van der Waals surface area (Å²) in [7, 11) is 0. The smallest absolute Gasteiger partial charge is 0.224 e. The number of carbonyl (C=O) groups is 1. The number of carbonyl (C=O) groups excluding carboxylic acids is 1. The fourth-order valence-corrected chi connectivity index (χ4v) is 3.64. The van der Waals surface area contributed by atoms with Crippen LogP contribution in [-0.2, 0) is 10.2 Å². The second-order valence-corrected chi connectivity index (χ2v) is 7.25. The van der Waals surface area contributed by atoms with Crippen molar-refractivity contribution in [3.8, 4) is 0 Å². The van der Waals surface area contributed by atoms with Crippen molar-refractivity contribution in [2.75, 3.05) is 19.6 Å². The molecule has 1 aromatic rings. The molecular weight excluding hydrogens is 312 g/mol. The van der Waals surface area contributed by atoms with Gasteiger partial charge in [-0.05, 0) is 35.0 Å². The van der Waals surface area contributed by atoms with E-state index in [9.17, 15) is 4.79 Å². The van der Waals surface area contributed by atoms with Crippen LogP contribution in [0.3, 0.4) is 0 Å². The van der Waals surface area contributed by atoms with Crippen LogP contribution in [0, 0.1) is 5.92 Å². The van der Waals surface area contributed by atoms with Crippen LogP contribution in [-0.4, -0.2) is 25.5 Å². The average Bonchev–Trinajstić information content (AvgIpc) is 2.96. The Hall–Kier alpha value is -0.390. The first kappa shape index (κ1) is 14.0. The Morgan fingerprint density at radius 3 is 3.00 bits per heavy atom. The molecule has 2 N–H and O–H groups in total. The Bertz CT molecular complexity index is 424. The SMILES string of the molecule is CC(C)(CNC(=O)C1CCNC1)c1cc(Br)cs1. The molecule has 1 aliphatic heterocycles. The third-order valence-corrected chi connectivity index (χ3v) is 5.43. The average molecular weight is 331 g/mol. The third-order valence-electron chi connectivity index (χ3n) is 3.37. The van der Waals surface area contributed by atoms with E-state index in [0.29, 0.717) is 6.54 Å². The van der Waals surface area contributed by atoms with Crippen LogP contribution in [0.1, 0.15) is 25.1 Å². The predicted molar refractivity (Wildman–Crippen MR) is 79.0 cm³/mol. The summed E-state index contributed by atoms with van der Waals surface area (Å²) in [6.45, 7) is 6.79. The molecule has 100 valence electrons. The number of thiophene rings is 1. The van der Waals surface area contributed by atoms with Gasteiger partial charge in [-0.2, -0.15) is 0 Å². The molecule has 1 aliphatic rings. The molecule has 2 heterocycles. The summed E-state index contributed by atoms with van der Waals surface area (Å²) in [5.74, 6) is 0.333. The lowest BCUT2D eigenvalue weighted by Crippen LogP contribution is -2.39. The molecule has 0 saturated carbocycles. The van der Waals surface area contributed by atoms with Gasteiger partial charge in [0.15, 0.2) is 0 Å². The lowest BCUT2D eigenvalue weighted by atomic mass is 9.91. The van der Waals surface area contributed by atoms with Gasteiger partial charge in [-0.25, -0.2) is 0 Å². The van der Waals surface area contributed by atoms with Gasteiger partial charge in [0.1, 0.15) is 0 Å². The van der Waals surface area contributed by atoms with E-state index in [2.05, 4.69) is 51.9 Å². The lowest BCUT2D eigenvalue weighted by Gasteiger charge is -2.24. The molecule has 2 rings (SSSR count). The van der Waals surface area contributed by atoms with Crippen molar-refractivity contribution in [3.63, 3.8) is 0 Å². The van der Waals surface area contributed by atoms with Gasteiger partial charge in [0.05, 0.1) is 5.92 Å². The number of hydrogen-bond donors (Lipinski definition) is 2. The van der Waals surface area contributed by atoms with Crippen molar-refractivity contribution in [1.82, 2.24) is 10.6 Å². The minimum absolute atomic E-state index is 0.0155. The summed E-state index contributed by atoms with van der Waals surface area (Å²) < 4.78 is 1.11. The minimum Gasteiger partial charge on any atom is -0.355 e. The molecule has 0 aromatic carbocycles. The van der Waals surface area contributed by atoms with Crippen LogP contribution < -0.4 is 10.6 Å². The van der Waals surface area contributed by atoms with Crippen LogP contribution in [0.4, 0.5) is 0 Å². The normalized spacial score (nSPS) is 20.1. The first-order chi connectivity index (χ1) is 8.49. The van der Waals surface area contributed by atoms with Gasteiger partial charge < -0.3 is 10.6 Å². The molecule has 1 saturated heterocycles. The maximum Gasteiger partial charge on any atom is 0.224 e. The molecule has 5 heteroatoms. The molecule has 0 aliphatic carbocycles. The first-order valence-corrected chi connectivity index (χ1v) is 7.89. The fraction of sp³-hybridized carbons (Fsp3) is 0.615. The van der Waals surface area contributed by atoms with E-state index in [1.54, 1.807) is 11.3 Å². The maximum absolute atomic E-state index is 12.0. The largest absolute Gasteiger partial charge is 0.355 e. The standard InChI is InChI=1S/C13H19BrN2OS/c1-13(2,11-5-10(14)7-18-11)8-16-12(17)9-3-4-15-6-9/h5,7,9,15H,3-4,6,8H2,1-2H3,(H,16,17). The summed E-state index contributed by atoms with van der Waals surface area (Å²) >= 11 is 5.20. The van der Waals surface area contributed by atoms with Crippen LogP contribution >= 0.6 is 27.3 Å². The Kier molecular flexibility index (Phi) is 4.45. The highest BCUT2D eigenvalue weighted by Crippen LogP contribution is 2.31. The Morgan fingerprint density at radius 2 is 2.44 bits per heavy atom. The van der Waals surface area contributed by atoms with Gasteiger partial charge in [0, 0.05) is 33.2 Å². The highest BCUT2D eigenvalue weighted by Gasteiger charge is 2.26. The second-order valence-electron chi connectivity index (χ2n) is 5.42. The van der Waals surface area contributed by atoms with Crippen molar-refractivity contribution in [3.05, 3.63) is 20.8 Å². The summed E-state index contributed by atoms with van der Waals surface area (Å²) in [5.41, 5.74) is -0.0155. The summed E-state index contributed by atoms with van der Waals surface area (Å²) in [4.78, 5) is 13.3. The van der Waals surface area contributed by atoms with Crippen LogP contribution in [0.5, 0.6) is 0 Å². The van der Waals surface area contributed by atoms with Crippen molar-refractivity contribution in [1.29, 1.82) is 0 Å². The molecule has 1 aromatic heterocycles. The highest BCUT2D eigenvalue weighted by atomic mass is 79.9. The first-order valence-electron chi connectivity index (χ1n) is 6.22. The van der Waals surface area contributed by atoms with Crippen molar-refractivity contribution < 1.29 is 4.79 Å². The maximum atomic E-state index is 12.0. The van der Waals surface area contributed by atoms with Gasteiger partial charge in [-0.15, -0.1) is 11.3 Å². The van der Waals surface area contributed by atoms with Gasteiger partial charge in [0.25, 0.3) is 0 Å².